The van der Waals surface area contributed by atoms with Crippen molar-refractivity contribution in [3.8, 4) is 5.75 Å². The first-order chi connectivity index (χ1) is 11.8. The van der Waals surface area contributed by atoms with Crippen molar-refractivity contribution >= 4 is 5.97 Å². The van der Waals surface area contributed by atoms with E-state index in [1.165, 1.54) is 29.5 Å². The molecule has 0 aromatic heterocycles. The van der Waals surface area contributed by atoms with Gasteiger partial charge in [-0.15, -0.1) is 0 Å². The Morgan fingerprint density at radius 2 is 1.88 bits per heavy atom. The van der Waals surface area contributed by atoms with E-state index in [1.807, 2.05) is 0 Å². The van der Waals surface area contributed by atoms with Crippen LogP contribution in [0.2, 0.25) is 0 Å². The van der Waals surface area contributed by atoms with Gasteiger partial charge in [0.25, 0.3) is 0 Å². The lowest BCUT2D eigenvalue weighted by molar-refractivity contribution is -0.255. The van der Waals surface area contributed by atoms with E-state index in [1.54, 1.807) is 18.2 Å². The van der Waals surface area contributed by atoms with Gasteiger partial charge in [-0.3, -0.25) is 0 Å². The fraction of sp³-hybridized carbons (Fsp3) is 0.409. The van der Waals surface area contributed by atoms with E-state index in [9.17, 15) is 9.90 Å². The third kappa shape index (κ3) is 2.45. The quantitative estimate of drug-likeness (QED) is 0.845. The van der Waals surface area contributed by atoms with E-state index in [0.29, 0.717) is 6.61 Å². The molecule has 1 heterocycles. The van der Waals surface area contributed by atoms with Crippen LogP contribution in [0.25, 0.3) is 0 Å². The zero-order valence-corrected chi connectivity index (χ0v) is 15.0. The van der Waals surface area contributed by atoms with Crippen molar-refractivity contribution < 1.29 is 14.6 Å². The summed E-state index contributed by atoms with van der Waals surface area (Å²) in [7, 11) is 0. The fourth-order valence-corrected chi connectivity index (χ4v) is 4.38. The van der Waals surface area contributed by atoms with Crippen molar-refractivity contribution in [3.05, 3.63) is 64.2 Å². The summed E-state index contributed by atoms with van der Waals surface area (Å²) in [5.41, 5.74) is 5.01. The predicted octanol–water partition coefficient (Wildman–Crippen LogP) is 3.36. The van der Waals surface area contributed by atoms with Crippen molar-refractivity contribution in [1.82, 2.24) is 0 Å². The van der Waals surface area contributed by atoms with Gasteiger partial charge in [-0.1, -0.05) is 32.0 Å². The maximum absolute atomic E-state index is 11.3. The van der Waals surface area contributed by atoms with Gasteiger partial charge in [0.05, 0.1) is 11.4 Å². The Labute approximate surface area is 148 Å². The van der Waals surface area contributed by atoms with Crippen LogP contribution in [0, 0.1) is 0 Å². The van der Waals surface area contributed by atoms with Gasteiger partial charge in [-0.25, -0.2) is 0 Å². The van der Waals surface area contributed by atoms with E-state index in [2.05, 4.69) is 39.0 Å². The highest BCUT2D eigenvalue weighted by atomic mass is 16.5. The molecule has 1 unspecified atom stereocenters. The Morgan fingerprint density at radius 3 is 2.64 bits per heavy atom. The Kier molecular flexibility index (Phi) is 3.47. The van der Waals surface area contributed by atoms with Crippen molar-refractivity contribution in [2.75, 3.05) is 6.61 Å². The lowest BCUT2D eigenvalue weighted by Crippen LogP contribution is -2.29. The number of rotatable bonds is 2. The lowest BCUT2D eigenvalue weighted by Gasteiger charge is -2.34. The number of aryl methyl sites for hydroxylation is 1. The molecule has 0 spiro atoms. The molecule has 2 aliphatic rings. The van der Waals surface area contributed by atoms with Crippen molar-refractivity contribution in [2.24, 2.45) is 0 Å². The van der Waals surface area contributed by atoms with Gasteiger partial charge in [0, 0.05) is 5.56 Å². The number of benzene rings is 2. The number of aromatic carboxylic acids is 1. The van der Waals surface area contributed by atoms with Gasteiger partial charge in [-0.05, 0) is 72.1 Å². The van der Waals surface area contributed by atoms with Crippen LogP contribution in [-0.4, -0.2) is 12.6 Å². The van der Waals surface area contributed by atoms with E-state index < -0.39 is 5.97 Å². The normalized spacial score (nSPS) is 23.5. The molecule has 2 aromatic rings. The molecule has 0 radical (unpaired) electrons. The largest absolute Gasteiger partial charge is 0.545 e. The van der Waals surface area contributed by atoms with E-state index in [-0.39, 0.29) is 16.4 Å². The summed E-state index contributed by atoms with van der Waals surface area (Å²) < 4.78 is 5.89. The maximum atomic E-state index is 11.3. The second kappa shape index (κ2) is 5.35. The van der Waals surface area contributed by atoms with Crippen molar-refractivity contribution in [2.45, 2.75) is 50.9 Å². The molecule has 0 N–H and O–H groups in total. The molecule has 2 aromatic carbocycles. The molecular weight excluding hydrogens is 312 g/mol. The fourth-order valence-electron chi connectivity index (χ4n) is 4.38. The molecule has 25 heavy (non-hydrogen) atoms. The number of ether oxygens (including phenoxy) is 1. The molecule has 130 valence electrons. The molecule has 4 rings (SSSR count). The summed E-state index contributed by atoms with van der Waals surface area (Å²) >= 11 is 0. The second-order valence-electron chi connectivity index (χ2n) is 8.23. The second-order valence-corrected chi connectivity index (χ2v) is 8.23. The standard InChI is InChI=1S/C22H24O3/c1-21(2)10-4-5-14-6-8-16(12-17(14)21)22(3)13-25-19-9-7-15(20(23)24)11-18(19)22/h6-9,11-12H,4-5,10,13H2,1-3H3,(H,23,24)/p-1. The number of carboxylic acid groups (broad SMARTS) is 1. The van der Waals surface area contributed by atoms with Crippen LogP contribution >= 0.6 is 0 Å². The zero-order valence-electron chi connectivity index (χ0n) is 15.0. The first-order valence-electron chi connectivity index (χ1n) is 8.94. The number of carbonyl (C=O) groups is 1. The van der Waals surface area contributed by atoms with Gasteiger partial charge < -0.3 is 14.6 Å². The third-order valence-corrected chi connectivity index (χ3v) is 6.05. The van der Waals surface area contributed by atoms with Crippen LogP contribution < -0.4 is 9.84 Å². The van der Waals surface area contributed by atoms with Crippen LogP contribution in [0.4, 0.5) is 0 Å². The molecular formula is C22H23O3-. The van der Waals surface area contributed by atoms with Crippen LogP contribution in [0.5, 0.6) is 5.75 Å². The van der Waals surface area contributed by atoms with E-state index >= 15 is 0 Å². The first-order valence-corrected chi connectivity index (χ1v) is 8.94. The van der Waals surface area contributed by atoms with E-state index in [4.69, 9.17) is 4.74 Å². The maximum Gasteiger partial charge on any atom is 0.123 e. The zero-order chi connectivity index (χ0) is 17.8. The summed E-state index contributed by atoms with van der Waals surface area (Å²) in [5, 5.41) is 11.3. The molecule has 1 aliphatic heterocycles. The predicted molar refractivity (Wildman–Crippen MR) is 95.1 cm³/mol. The van der Waals surface area contributed by atoms with Crippen LogP contribution in [0.3, 0.4) is 0 Å². The average Bonchev–Trinajstić information content (AvgIpc) is 2.92. The van der Waals surface area contributed by atoms with Crippen LogP contribution in [0.1, 0.15) is 66.2 Å². The van der Waals surface area contributed by atoms with Gasteiger partial charge >= 0.3 is 0 Å². The highest BCUT2D eigenvalue weighted by molar-refractivity contribution is 5.86. The molecule has 0 fully saturated rings. The Morgan fingerprint density at radius 1 is 1.08 bits per heavy atom. The number of carboxylic acids is 1. The lowest BCUT2D eigenvalue weighted by atomic mass is 9.69. The number of hydrogen-bond donors (Lipinski definition) is 0. The molecule has 0 saturated carbocycles. The van der Waals surface area contributed by atoms with Crippen LogP contribution in [-0.2, 0) is 17.3 Å². The summed E-state index contributed by atoms with van der Waals surface area (Å²) in [5.74, 6) is -0.381. The van der Waals surface area contributed by atoms with Crippen molar-refractivity contribution in [1.29, 1.82) is 0 Å². The summed E-state index contributed by atoms with van der Waals surface area (Å²) in [4.78, 5) is 11.3. The van der Waals surface area contributed by atoms with Gasteiger partial charge in [-0.2, -0.15) is 0 Å². The molecule has 1 aliphatic carbocycles. The molecule has 0 amide bonds. The molecule has 0 saturated heterocycles. The van der Waals surface area contributed by atoms with Gasteiger partial charge in [0.15, 0.2) is 0 Å². The summed E-state index contributed by atoms with van der Waals surface area (Å²) in [6, 6.07) is 11.8. The molecule has 0 bridgehead atoms. The summed E-state index contributed by atoms with van der Waals surface area (Å²) in [6.45, 7) is 7.28. The Hall–Kier alpha value is -2.29. The van der Waals surface area contributed by atoms with E-state index in [0.717, 1.165) is 17.7 Å². The first kappa shape index (κ1) is 16.2. The van der Waals surface area contributed by atoms with Crippen molar-refractivity contribution in [3.63, 3.8) is 0 Å². The smallest absolute Gasteiger partial charge is 0.123 e. The SMILES string of the molecule is CC1(C)CCCc2ccc(C3(C)COc4ccc(C(=O)[O-])cc43)cc21. The molecule has 1 atom stereocenters. The molecule has 3 nitrogen and oxygen atoms in total. The number of hydrogen-bond acceptors (Lipinski definition) is 3. The number of carbonyl (C=O) groups excluding carboxylic acids is 1. The Bertz CT molecular complexity index is 866. The average molecular weight is 335 g/mol. The van der Waals surface area contributed by atoms with Gasteiger partial charge in [0.2, 0.25) is 0 Å². The van der Waals surface area contributed by atoms with Crippen LogP contribution in [0.15, 0.2) is 36.4 Å². The Balaban J connectivity index is 1.84. The highest BCUT2D eigenvalue weighted by Gasteiger charge is 2.39. The molecule has 3 heteroatoms. The number of fused-ring (bicyclic) bond motifs is 2. The topological polar surface area (TPSA) is 49.4 Å². The van der Waals surface area contributed by atoms with Gasteiger partial charge in [0.1, 0.15) is 12.4 Å². The summed E-state index contributed by atoms with van der Waals surface area (Å²) in [6.07, 6.45) is 3.57. The minimum atomic E-state index is -1.15. The highest BCUT2D eigenvalue weighted by Crippen LogP contribution is 2.46. The monoisotopic (exact) mass is 335 g/mol. The third-order valence-electron chi connectivity index (χ3n) is 6.05. The minimum Gasteiger partial charge on any atom is -0.545 e. The minimum absolute atomic E-state index is 0.176.